The van der Waals surface area contributed by atoms with Crippen LogP contribution in [0.15, 0.2) is 48.5 Å². The Morgan fingerprint density at radius 1 is 1.19 bits per heavy atom. The largest absolute Gasteiger partial charge is 0.497 e. The minimum Gasteiger partial charge on any atom is -0.497 e. The van der Waals surface area contributed by atoms with Gasteiger partial charge in [-0.3, -0.25) is 0 Å². The summed E-state index contributed by atoms with van der Waals surface area (Å²) in [5.74, 6) is 2.23. The molecule has 0 saturated carbocycles. The zero-order chi connectivity index (χ0) is 14.7. The highest BCUT2D eigenvalue weighted by Crippen LogP contribution is 2.43. The first-order valence-electron chi connectivity index (χ1n) is 7.36. The molecule has 1 heterocycles. The van der Waals surface area contributed by atoms with Crippen LogP contribution in [0.25, 0.3) is 0 Å². The van der Waals surface area contributed by atoms with E-state index < -0.39 is 0 Å². The van der Waals surface area contributed by atoms with Crippen LogP contribution in [0.4, 0.5) is 0 Å². The maximum absolute atomic E-state index is 6.23. The molecule has 3 nitrogen and oxygen atoms in total. The standard InChI is InChI=1S/C18H21NO2/c1-19-12-14-10-17(13-6-4-3-5-7-13)21-18-11-15(20-2)8-9-16(14)18/h3-9,11,14,17,19H,10,12H2,1-2H3. The van der Waals surface area contributed by atoms with E-state index in [9.17, 15) is 0 Å². The van der Waals surface area contributed by atoms with Gasteiger partial charge in [-0.2, -0.15) is 0 Å². The molecule has 0 saturated heterocycles. The van der Waals surface area contributed by atoms with Crippen LogP contribution in [-0.4, -0.2) is 20.7 Å². The molecule has 2 unspecified atom stereocenters. The molecule has 0 spiro atoms. The maximum atomic E-state index is 6.23. The minimum absolute atomic E-state index is 0.101. The van der Waals surface area contributed by atoms with Crippen molar-refractivity contribution in [3.63, 3.8) is 0 Å². The molecule has 0 radical (unpaired) electrons. The van der Waals surface area contributed by atoms with E-state index in [0.29, 0.717) is 5.92 Å². The Morgan fingerprint density at radius 2 is 2.00 bits per heavy atom. The van der Waals surface area contributed by atoms with Crippen LogP contribution in [0.2, 0.25) is 0 Å². The summed E-state index contributed by atoms with van der Waals surface area (Å²) in [5.41, 5.74) is 2.49. The second-order valence-corrected chi connectivity index (χ2v) is 5.41. The van der Waals surface area contributed by atoms with Gasteiger partial charge in [-0.15, -0.1) is 0 Å². The van der Waals surface area contributed by atoms with E-state index in [-0.39, 0.29) is 6.10 Å². The summed E-state index contributed by atoms with van der Waals surface area (Å²) in [4.78, 5) is 0. The molecule has 0 aliphatic carbocycles. The Balaban J connectivity index is 1.95. The lowest BCUT2D eigenvalue weighted by Gasteiger charge is -2.32. The van der Waals surface area contributed by atoms with Crippen molar-refractivity contribution >= 4 is 0 Å². The minimum atomic E-state index is 0.101. The fraction of sp³-hybridized carbons (Fsp3) is 0.333. The van der Waals surface area contributed by atoms with Crippen LogP contribution < -0.4 is 14.8 Å². The van der Waals surface area contributed by atoms with Crippen LogP contribution in [0.5, 0.6) is 11.5 Å². The van der Waals surface area contributed by atoms with Crippen LogP contribution in [0.1, 0.15) is 29.6 Å². The molecule has 2 aromatic rings. The van der Waals surface area contributed by atoms with Crippen molar-refractivity contribution in [2.45, 2.75) is 18.4 Å². The highest BCUT2D eigenvalue weighted by atomic mass is 16.5. The fourth-order valence-corrected chi connectivity index (χ4v) is 2.98. The summed E-state index contributed by atoms with van der Waals surface area (Å²) in [6.07, 6.45) is 1.09. The van der Waals surface area contributed by atoms with Crippen molar-refractivity contribution in [1.82, 2.24) is 5.32 Å². The summed E-state index contributed by atoms with van der Waals surface area (Å²) >= 11 is 0. The number of fused-ring (bicyclic) bond motifs is 1. The van der Waals surface area contributed by atoms with Gasteiger partial charge in [-0.05, 0) is 30.7 Å². The first kappa shape index (κ1) is 14.0. The lowest BCUT2D eigenvalue weighted by molar-refractivity contribution is 0.159. The molecule has 0 bridgehead atoms. The number of hydrogen-bond donors (Lipinski definition) is 1. The third-order valence-corrected chi connectivity index (χ3v) is 4.05. The monoisotopic (exact) mass is 283 g/mol. The second kappa shape index (κ2) is 6.19. The molecule has 0 aromatic heterocycles. The van der Waals surface area contributed by atoms with Gasteiger partial charge in [0.2, 0.25) is 0 Å². The molecule has 21 heavy (non-hydrogen) atoms. The smallest absolute Gasteiger partial charge is 0.127 e. The molecule has 1 aliphatic heterocycles. The Kier molecular flexibility index (Phi) is 4.11. The molecule has 2 atom stereocenters. The van der Waals surface area contributed by atoms with E-state index in [0.717, 1.165) is 24.5 Å². The van der Waals surface area contributed by atoms with E-state index in [1.165, 1.54) is 11.1 Å². The average molecular weight is 283 g/mol. The van der Waals surface area contributed by atoms with Gasteiger partial charge < -0.3 is 14.8 Å². The van der Waals surface area contributed by atoms with Crippen LogP contribution in [0.3, 0.4) is 0 Å². The van der Waals surface area contributed by atoms with Crippen LogP contribution in [-0.2, 0) is 0 Å². The fourth-order valence-electron chi connectivity index (χ4n) is 2.98. The number of methoxy groups -OCH3 is 1. The van der Waals surface area contributed by atoms with Crippen LogP contribution in [0, 0.1) is 0 Å². The quantitative estimate of drug-likeness (QED) is 0.931. The van der Waals surface area contributed by atoms with Crippen molar-refractivity contribution in [3.05, 3.63) is 59.7 Å². The molecule has 2 aromatic carbocycles. The zero-order valence-corrected chi connectivity index (χ0v) is 12.5. The average Bonchev–Trinajstić information content (AvgIpc) is 2.55. The summed E-state index contributed by atoms with van der Waals surface area (Å²) in [6.45, 7) is 0.950. The third-order valence-electron chi connectivity index (χ3n) is 4.05. The molecule has 1 N–H and O–H groups in total. The van der Waals surface area contributed by atoms with E-state index in [1.54, 1.807) is 7.11 Å². The van der Waals surface area contributed by atoms with Gasteiger partial charge in [-0.25, -0.2) is 0 Å². The van der Waals surface area contributed by atoms with Gasteiger partial charge in [0.25, 0.3) is 0 Å². The van der Waals surface area contributed by atoms with E-state index in [1.807, 2.05) is 25.2 Å². The SMILES string of the molecule is CNCC1CC(c2ccccc2)Oc2cc(OC)ccc21. The number of hydrogen-bond acceptors (Lipinski definition) is 3. The summed E-state index contributed by atoms with van der Waals surface area (Å²) in [7, 11) is 3.68. The van der Waals surface area contributed by atoms with Gasteiger partial charge >= 0.3 is 0 Å². The number of rotatable bonds is 4. The molecule has 3 rings (SSSR count). The van der Waals surface area contributed by atoms with Crippen molar-refractivity contribution in [2.24, 2.45) is 0 Å². The third kappa shape index (κ3) is 2.88. The highest BCUT2D eigenvalue weighted by Gasteiger charge is 2.29. The number of ether oxygens (including phenoxy) is 2. The van der Waals surface area contributed by atoms with E-state index in [4.69, 9.17) is 9.47 Å². The van der Waals surface area contributed by atoms with Crippen molar-refractivity contribution in [3.8, 4) is 11.5 Å². The van der Waals surface area contributed by atoms with Crippen molar-refractivity contribution < 1.29 is 9.47 Å². The van der Waals surface area contributed by atoms with Crippen molar-refractivity contribution in [1.29, 1.82) is 0 Å². The van der Waals surface area contributed by atoms with Gasteiger partial charge in [0, 0.05) is 18.5 Å². The Labute approximate surface area is 125 Å². The molecule has 110 valence electrons. The predicted molar refractivity (Wildman–Crippen MR) is 84.1 cm³/mol. The lowest BCUT2D eigenvalue weighted by Crippen LogP contribution is -2.25. The molecule has 0 fully saturated rings. The van der Waals surface area contributed by atoms with Gasteiger partial charge in [0.05, 0.1) is 7.11 Å². The summed E-state index contributed by atoms with van der Waals surface area (Å²) in [6, 6.07) is 16.5. The zero-order valence-electron chi connectivity index (χ0n) is 12.5. The highest BCUT2D eigenvalue weighted by molar-refractivity contribution is 5.45. The second-order valence-electron chi connectivity index (χ2n) is 5.41. The molecule has 3 heteroatoms. The number of likely N-dealkylation sites (N-methyl/N-ethyl adjacent to an activating group) is 1. The molecule has 1 aliphatic rings. The van der Waals surface area contributed by atoms with E-state index >= 15 is 0 Å². The molecular formula is C18H21NO2. The number of benzene rings is 2. The van der Waals surface area contributed by atoms with Crippen LogP contribution >= 0.6 is 0 Å². The van der Waals surface area contributed by atoms with Crippen molar-refractivity contribution in [2.75, 3.05) is 20.7 Å². The summed E-state index contributed by atoms with van der Waals surface area (Å²) < 4.78 is 11.6. The topological polar surface area (TPSA) is 30.5 Å². The predicted octanol–water partition coefficient (Wildman–Crippen LogP) is 3.52. The lowest BCUT2D eigenvalue weighted by atomic mass is 9.87. The van der Waals surface area contributed by atoms with Gasteiger partial charge in [-0.1, -0.05) is 36.4 Å². The Morgan fingerprint density at radius 3 is 2.71 bits per heavy atom. The Bertz CT molecular complexity index is 597. The maximum Gasteiger partial charge on any atom is 0.127 e. The first-order chi connectivity index (χ1) is 10.3. The first-order valence-corrected chi connectivity index (χ1v) is 7.36. The normalized spacial score (nSPS) is 20.5. The molecular weight excluding hydrogens is 262 g/mol. The van der Waals surface area contributed by atoms with Gasteiger partial charge in [0.1, 0.15) is 17.6 Å². The Hall–Kier alpha value is -2.00. The number of nitrogens with one attached hydrogen (secondary N) is 1. The summed E-state index contributed by atoms with van der Waals surface area (Å²) in [5, 5.41) is 3.29. The molecule has 0 amide bonds. The van der Waals surface area contributed by atoms with E-state index in [2.05, 4.69) is 35.6 Å². The van der Waals surface area contributed by atoms with Gasteiger partial charge in [0.15, 0.2) is 0 Å².